The first-order chi connectivity index (χ1) is 15.0. The van der Waals surface area contributed by atoms with Gasteiger partial charge >= 0.3 is 5.97 Å². The minimum atomic E-state index is -0.829. The van der Waals surface area contributed by atoms with Crippen LogP contribution in [0.1, 0.15) is 36.0 Å². The van der Waals surface area contributed by atoms with Crippen LogP contribution in [0.25, 0.3) is 16.3 Å². The molecule has 0 unspecified atom stereocenters. The average molecular weight is 415 g/mol. The summed E-state index contributed by atoms with van der Waals surface area (Å²) < 4.78 is 10.6. The number of ketones is 1. The number of fused-ring (bicyclic) bond motifs is 1. The third-order valence-corrected chi connectivity index (χ3v) is 5.93. The van der Waals surface area contributed by atoms with E-state index in [1.807, 2.05) is 61.5 Å². The van der Waals surface area contributed by atoms with Crippen LogP contribution in [-0.2, 0) is 14.3 Å². The van der Waals surface area contributed by atoms with E-state index in [0.717, 1.165) is 38.8 Å². The fourth-order valence-electron chi connectivity index (χ4n) is 4.26. The molecule has 0 amide bonds. The van der Waals surface area contributed by atoms with Gasteiger partial charge in [-0.2, -0.15) is 0 Å². The summed E-state index contributed by atoms with van der Waals surface area (Å²) in [6.45, 7) is 4.05. The van der Waals surface area contributed by atoms with E-state index >= 15 is 0 Å². The minimum absolute atomic E-state index is 0.194. The molecule has 158 valence electrons. The Labute approximate surface area is 182 Å². The van der Waals surface area contributed by atoms with Crippen molar-refractivity contribution in [1.82, 2.24) is 0 Å². The van der Waals surface area contributed by atoms with Gasteiger partial charge in [0.2, 0.25) is 0 Å². The van der Waals surface area contributed by atoms with Crippen LogP contribution < -0.4 is 4.74 Å². The van der Waals surface area contributed by atoms with Gasteiger partial charge in [-0.05, 0) is 65.9 Å². The Balaban J connectivity index is 1.76. The molecule has 31 heavy (non-hydrogen) atoms. The molecule has 0 saturated carbocycles. The van der Waals surface area contributed by atoms with E-state index in [4.69, 9.17) is 9.47 Å². The van der Waals surface area contributed by atoms with Gasteiger partial charge in [-0.15, -0.1) is 0 Å². The van der Waals surface area contributed by atoms with Crippen molar-refractivity contribution in [2.24, 2.45) is 5.92 Å². The Morgan fingerprint density at radius 2 is 1.71 bits per heavy atom. The summed E-state index contributed by atoms with van der Waals surface area (Å²) in [4.78, 5) is 25.8. The van der Waals surface area contributed by atoms with Crippen LogP contribution in [0.4, 0.5) is 0 Å². The maximum Gasteiger partial charge on any atom is 0.317 e. The van der Waals surface area contributed by atoms with Crippen LogP contribution in [0.15, 0.2) is 66.7 Å². The summed E-state index contributed by atoms with van der Waals surface area (Å²) in [7, 11) is 1.64. The van der Waals surface area contributed by atoms with E-state index in [9.17, 15) is 9.59 Å². The molecular weight excluding hydrogens is 388 g/mol. The maximum absolute atomic E-state index is 13.1. The zero-order chi connectivity index (χ0) is 22.0. The summed E-state index contributed by atoms with van der Waals surface area (Å²) in [5.41, 5.74) is 4.08. The Morgan fingerprint density at radius 1 is 1.00 bits per heavy atom. The Kier molecular flexibility index (Phi) is 5.90. The molecule has 0 radical (unpaired) electrons. The van der Waals surface area contributed by atoms with Crippen molar-refractivity contribution in [2.45, 2.75) is 26.2 Å². The van der Waals surface area contributed by atoms with Gasteiger partial charge in [0.25, 0.3) is 0 Å². The molecule has 3 aromatic rings. The lowest BCUT2D eigenvalue weighted by Crippen LogP contribution is -2.34. The van der Waals surface area contributed by atoms with Gasteiger partial charge in [0.15, 0.2) is 5.78 Å². The predicted octanol–water partition coefficient (Wildman–Crippen LogP) is 5.48. The standard InChI is InChI=1S/C27H26O4/c1-4-31-27(29)26-24(15-22(16-25(26)28)18-7-5-17(2)6-8-18)21-10-9-20-14-23(30-3)12-11-19(20)13-21/h5-14,16,24,26H,4,15H2,1-3H3/t24-,26-/m0/s1. The van der Waals surface area contributed by atoms with Crippen molar-refractivity contribution < 1.29 is 19.1 Å². The zero-order valence-corrected chi connectivity index (χ0v) is 18.1. The van der Waals surface area contributed by atoms with Crippen LogP contribution in [0.5, 0.6) is 5.75 Å². The topological polar surface area (TPSA) is 52.6 Å². The summed E-state index contributed by atoms with van der Waals surface area (Å²) >= 11 is 0. The molecular formula is C27H26O4. The number of rotatable bonds is 5. The van der Waals surface area contributed by atoms with Gasteiger partial charge in [-0.1, -0.05) is 54.1 Å². The highest BCUT2D eigenvalue weighted by Crippen LogP contribution is 2.41. The number of methoxy groups -OCH3 is 1. The number of hydrogen-bond donors (Lipinski definition) is 0. The zero-order valence-electron chi connectivity index (χ0n) is 18.1. The lowest BCUT2D eigenvalue weighted by molar-refractivity contribution is -0.151. The van der Waals surface area contributed by atoms with E-state index in [0.29, 0.717) is 6.42 Å². The third kappa shape index (κ3) is 4.24. The molecule has 1 aliphatic rings. The number of aryl methyl sites for hydroxylation is 1. The van der Waals surface area contributed by atoms with Gasteiger partial charge in [0.05, 0.1) is 13.7 Å². The van der Waals surface area contributed by atoms with Crippen LogP contribution >= 0.6 is 0 Å². The van der Waals surface area contributed by atoms with Gasteiger partial charge in [0.1, 0.15) is 11.7 Å². The van der Waals surface area contributed by atoms with E-state index in [1.54, 1.807) is 20.1 Å². The highest BCUT2D eigenvalue weighted by atomic mass is 16.5. The molecule has 1 aliphatic carbocycles. The molecule has 2 atom stereocenters. The van der Waals surface area contributed by atoms with Crippen molar-refractivity contribution in [2.75, 3.05) is 13.7 Å². The molecule has 3 aromatic carbocycles. The molecule has 0 aliphatic heterocycles. The summed E-state index contributed by atoms with van der Waals surface area (Å²) in [6, 6.07) is 20.1. The second-order valence-electron chi connectivity index (χ2n) is 7.95. The van der Waals surface area contributed by atoms with Crippen molar-refractivity contribution in [1.29, 1.82) is 0 Å². The molecule has 0 heterocycles. The average Bonchev–Trinajstić information content (AvgIpc) is 2.78. The summed E-state index contributed by atoms with van der Waals surface area (Å²) in [6.07, 6.45) is 2.22. The second-order valence-corrected chi connectivity index (χ2v) is 7.95. The summed E-state index contributed by atoms with van der Waals surface area (Å²) in [5, 5.41) is 2.09. The van der Waals surface area contributed by atoms with Crippen LogP contribution in [0.3, 0.4) is 0 Å². The van der Waals surface area contributed by atoms with E-state index in [-0.39, 0.29) is 18.3 Å². The number of carbonyl (C=O) groups is 2. The largest absolute Gasteiger partial charge is 0.497 e. The number of ether oxygens (including phenoxy) is 2. The molecule has 4 rings (SSSR count). The van der Waals surface area contributed by atoms with Gasteiger partial charge in [-0.25, -0.2) is 0 Å². The van der Waals surface area contributed by atoms with E-state index in [2.05, 4.69) is 6.07 Å². The van der Waals surface area contributed by atoms with E-state index in [1.165, 1.54) is 0 Å². The Hall–Kier alpha value is -3.40. The fraction of sp³-hybridized carbons (Fsp3) is 0.259. The lowest BCUT2D eigenvalue weighted by Gasteiger charge is -2.29. The SMILES string of the molecule is CCOC(=O)[C@@H]1C(=O)C=C(c2ccc(C)cc2)C[C@H]1c1ccc2cc(OC)ccc2c1. The van der Waals surface area contributed by atoms with Crippen LogP contribution in [0, 0.1) is 12.8 Å². The quantitative estimate of drug-likeness (QED) is 0.410. The van der Waals surface area contributed by atoms with Gasteiger partial charge < -0.3 is 9.47 Å². The number of hydrogen-bond acceptors (Lipinski definition) is 4. The maximum atomic E-state index is 13.1. The number of allylic oxidation sites excluding steroid dienone is 2. The second kappa shape index (κ2) is 8.76. The van der Waals surface area contributed by atoms with Gasteiger partial charge in [-0.3, -0.25) is 9.59 Å². The first-order valence-electron chi connectivity index (χ1n) is 10.6. The first kappa shape index (κ1) is 20.9. The van der Waals surface area contributed by atoms with Crippen LogP contribution in [-0.4, -0.2) is 25.5 Å². The van der Waals surface area contributed by atoms with E-state index < -0.39 is 11.9 Å². The smallest absolute Gasteiger partial charge is 0.317 e. The van der Waals surface area contributed by atoms with Crippen molar-refractivity contribution in [3.63, 3.8) is 0 Å². The Bertz CT molecular complexity index is 1160. The molecule has 0 fully saturated rings. The minimum Gasteiger partial charge on any atom is -0.497 e. The van der Waals surface area contributed by atoms with Gasteiger partial charge in [0, 0.05) is 5.92 Å². The lowest BCUT2D eigenvalue weighted by atomic mass is 9.73. The number of carbonyl (C=O) groups excluding carboxylic acids is 2. The van der Waals surface area contributed by atoms with Crippen molar-refractivity contribution >= 4 is 28.1 Å². The molecule has 0 aromatic heterocycles. The van der Waals surface area contributed by atoms with Crippen LogP contribution in [0.2, 0.25) is 0 Å². The molecule has 0 saturated heterocycles. The summed E-state index contributed by atoms with van der Waals surface area (Å²) in [5.74, 6) is -0.960. The Morgan fingerprint density at radius 3 is 2.42 bits per heavy atom. The molecule has 4 nitrogen and oxygen atoms in total. The molecule has 0 spiro atoms. The molecule has 4 heteroatoms. The molecule has 0 bridgehead atoms. The normalized spacial score (nSPS) is 18.5. The number of esters is 1. The third-order valence-electron chi connectivity index (χ3n) is 5.93. The monoisotopic (exact) mass is 414 g/mol. The fourth-order valence-corrected chi connectivity index (χ4v) is 4.26. The predicted molar refractivity (Wildman–Crippen MR) is 122 cm³/mol. The molecule has 0 N–H and O–H groups in total. The van der Waals surface area contributed by atoms with Crippen molar-refractivity contribution in [3.05, 3.63) is 83.4 Å². The highest BCUT2D eigenvalue weighted by Gasteiger charge is 2.39. The highest BCUT2D eigenvalue weighted by molar-refractivity contribution is 6.10. The first-order valence-corrected chi connectivity index (χ1v) is 10.6. The number of benzene rings is 3. The van der Waals surface area contributed by atoms with Crippen molar-refractivity contribution in [3.8, 4) is 5.75 Å².